The zero-order valence-electron chi connectivity index (χ0n) is 11.0. The lowest BCUT2D eigenvalue weighted by Gasteiger charge is -2.32. The highest BCUT2D eigenvalue weighted by Crippen LogP contribution is 2.48. The highest BCUT2D eigenvalue weighted by Gasteiger charge is 2.42. The quantitative estimate of drug-likeness (QED) is 0.707. The fraction of sp³-hybridized carbons (Fsp3) is 0.467. The monoisotopic (exact) mass is 316 g/mol. The first-order chi connectivity index (χ1) is 9.41. The molecule has 0 nitrogen and oxygen atoms in total. The van der Waals surface area contributed by atoms with Gasteiger partial charge in [0.2, 0.25) is 0 Å². The van der Waals surface area contributed by atoms with Gasteiger partial charge in [-0.15, -0.1) is 29.9 Å². The summed E-state index contributed by atoms with van der Waals surface area (Å²) in [5.41, 5.74) is 1.94. The number of alkyl halides is 3. The summed E-state index contributed by atoms with van der Waals surface area (Å²) in [6.45, 7) is 1.29. The maximum atomic E-state index is 12.7. The van der Waals surface area contributed by atoms with E-state index in [1.54, 1.807) is 23.5 Å². The van der Waals surface area contributed by atoms with Crippen molar-refractivity contribution < 1.29 is 13.2 Å². The molecule has 1 atom stereocenters. The molecule has 0 spiro atoms. The molecule has 1 unspecified atom stereocenters. The van der Waals surface area contributed by atoms with Gasteiger partial charge in [0.15, 0.2) is 0 Å². The van der Waals surface area contributed by atoms with Gasteiger partial charge in [0.05, 0.1) is 10.5 Å². The van der Waals surface area contributed by atoms with Crippen LogP contribution in [0.2, 0.25) is 0 Å². The lowest BCUT2D eigenvalue weighted by Crippen LogP contribution is -2.32. The van der Waals surface area contributed by atoms with Gasteiger partial charge in [-0.1, -0.05) is 25.0 Å². The van der Waals surface area contributed by atoms with Gasteiger partial charge in [-0.25, -0.2) is 0 Å². The second-order valence-corrected chi connectivity index (χ2v) is 7.43. The van der Waals surface area contributed by atoms with E-state index in [-0.39, 0.29) is 10.5 Å². The Morgan fingerprint density at radius 2 is 1.75 bits per heavy atom. The maximum absolute atomic E-state index is 12.7. The molecule has 1 heterocycles. The van der Waals surface area contributed by atoms with Gasteiger partial charge in [-0.05, 0) is 35.1 Å². The van der Waals surface area contributed by atoms with Crippen LogP contribution in [0.15, 0.2) is 24.3 Å². The predicted molar refractivity (Wildman–Crippen MR) is 80.7 cm³/mol. The fourth-order valence-electron chi connectivity index (χ4n) is 2.00. The van der Waals surface area contributed by atoms with Gasteiger partial charge in [-0.2, -0.15) is 13.2 Å². The third kappa shape index (κ3) is 3.67. The summed E-state index contributed by atoms with van der Waals surface area (Å²) in [5.74, 6) is 2.13. The largest absolute Gasteiger partial charge is 0.391 e. The van der Waals surface area contributed by atoms with Crippen molar-refractivity contribution in [3.63, 3.8) is 0 Å². The van der Waals surface area contributed by atoms with Crippen molar-refractivity contribution >= 4 is 23.5 Å². The molecule has 1 aliphatic heterocycles. The van der Waals surface area contributed by atoms with Gasteiger partial charge in [0.25, 0.3) is 0 Å². The Morgan fingerprint density at radius 1 is 1.20 bits per heavy atom. The molecule has 5 heteroatoms. The molecule has 0 aliphatic carbocycles. The minimum absolute atomic E-state index is 0.207. The van der Waals surface area contributed by atoms with E-state index in [1.807, 2.05) is 24.3 Å². The van der Waals surface area contributed by atoms with Crippen LogP contribution >= 0.6 is 23.5 Å². The Kier molecular flexibility index (Phi) is 4.98. The van der Waals surface area contributed by atoms with E-state index in [0.717, 1.165) is 11.1 Å². The number of halogens is 3. The average Bonchev–Trinajstić information content (AvgIpc) is 2.46. The van der Waals surface area contributed by atoms with Crippen LogP contribution in [0.1, 0.15) is 22.6 Å². The minimum Gasteiger partial charge on any atom is -0.171 e. The Hall–Kier alpha value is -0.730. The first-order valence-electron chi connectivity index (χ1n) is 6.28. The van der Waals surface area contributed by atoms with Crippen LogP contribution in [0.3, 0.4) is 0 Å². The van der Waals surface area contributed by atoms with Crippen LogP contribution in [-0.4, -0.2) is 17.7 Å². The lowest BCUT2D eigenvalue weighted by molar-refractivity contribution is -0.179. The summed E-state index contributed by atoms with van der Waals surface area (Å²) in [7, 11) is 0. The minimum atomic E-state index is -4.09. The number of hydrogen-bond donors (Lipinski definition) is 0. The Bertz CT molecular complexity index is 479. The Labute approximate surface area is 125 Å². The number of terminal acetylenes is 1. The molecule has 0 bridgehead atoms. The number of hydrogen-bond acceptors (Lipinski definition) is 2. The van der Waals surface area contributed by atoms with E-state index >= 15 is 0 Å². The van der Waals surface area contributed by atoms with Crippen LogP contribution in [-0.2, 0) is 0 Å². The van der Waals surface area contributed by atoms with Gasteiger partial charge < -0.3 is 0 Å². The number of thioether (sulfide) groups is 2. The van der Waals surface area contributed by atoms with Crippen molar-refractivity contribution in [2.45, 2.75) is 17.7 Å². The lowest BCUT2D eigenvalue weighted by atomic mass is 9.97. The van der Waals surface area contributed by atoms with Gasteiger partial charge >= 0.3 is 6.18 Å². The molecule has 0 N–H and O–H groups in total. The van der Waals surface area contributed by atoms with Crippen LogP contribution in [0.4, 0.5) is 13.2 Å². The molecule has 0 saturated carbocycles. The molecule has 0 amide bonds. The molecule has 108 valence electrons. The van der Waals surface area contributed by atoms with Crippen molar-refractivity contribution in [1.29, 1.82) is 0 Å². The SMILES string of the molecule is C#Cc1ccc([C@H]2SC[C@H](C(C)C(F)(F)F)CS2)cc1. The molecule has 1 fully saturated rings. The van der Waals surface area contributed by atoms with Crippen LogP contribution in [0, 0.1) is 24.2 Å². The highest BCUT2D eigenvalue weighted by atomic mass is 32.2. The topological polar surface area (TPSA) is 0 Å². The number of rotatable bonds is 2. The summed E-state index contributed by atoms with van der Waals surface area (Å²) >= 11 is 3.19. The summed E-state index contributed by atoms with van der Waals surface area (Å²) in [5, 5.41) is 0. The van der Waals surface area contributed by atoms with E-state index < -0.39 is 12.1 Å². The molecule has 0 aromatic heterocycles. The Morgan fingerprint density at radius 3 is 2.20 bits per heavy atom. The van der Waals surface area contributed by atoms with E-state index in [2.05, 4.69) is 5.92 Å². The van der Waals surface area contributed by atoms with Crippen LogP contribution in [0.25, 0.3) is 0 Å². The average molecular weight is 316 g/mol. The standard InChI is InChI=1S/C15H15F3S2/c1-3-11-4-6-12(7-5-11)14-19-8-13(9-20-14)10(2)15(16,17)18/h1,4-7,10,13-14H,8-9H2,2H3/t10?,13-,14-. The molecule has 20 heavy (non-hydrogen) atoms. The molecule has 1 aromatic carbocycles. The van der Waals surface area contributed by atoms with Crippen LogP contribution < -0.4 is 0 Å². The van der Waals surface area contributed by atoms with Crippen molar-refractivity contribution in [2.75, 3.05) is 11.5 Å². The van der Waals surface area contributed by atoms with Crippen LogP contribution in [0.5, 0.6) is 0 Å². The summed E-state index contributed by atoms with van der Waals surface area (Å²) in [4.78, 5) is 0. The van der Waals surface area contributed by atoms with Gasteiger partial charge in [-0.3, -0.25) is 0 Å². The molecule has 0 radical (unpaired) electrons. The van der Waals surface area contributed by atoms with Gasteiger partial charge in [0, 0.05) is 5.56 Å². The highest BCUT2D eigenvalue weighted by molar-refractivity contribution is 8.16. The van der Waals surface area contributed by atoms with Crippen molar-refractivity contribution in [1.82, 2.24) is 0 Å². The third-order valence-electron chi connectivity index (χ3n) is 3.50. The van der Waals surface area contributed by atoms with Crippen molar-refractivity contribution in [3.8, 4) is 12.3 Å². The van der Waals surface area contributed by atoms with Crippen molar-refractivity contribution in [3.05, 3.63) is 35.4 Å². The zero-order valence-corrected chi connectivity index (χ0v) is 12.6. The third-order valence-corrected chi connectivity index (χ3v) is 6.70. The van der Waals surface area contributed by atoms with E-state index in [1.165, 1.54) is 6.92 Å². The summed E-state index contributed by atoms with van der Waals surface area (Å²) < 4.78 is 38.3. The number of benzene rings is 1. The van der Waals surface area contributed by atoms with E-state index in [0.29, 0.717) is 11.5 Å². The van der Waals surface area contributed by atoms with Gasteiger partial charge in [0.1, 0.15) is 0 Å². The van der Waals surface area contributed by atoms with E-state index in [4.69, 9.17) is 6.42 Å². The molecule has 1 aromatic rings. The van der Waals surface area contributed by atoms with E-state index in [9.17, 15) is 13.2 Å². The smallest absolute Gasteiger partial charge is 0.171 e. The predicted octanol–water partition coefficient (Wildman–Crippen LogP) is 4.96. The molecule has 1 aliphatic rings. The molecule has 2 rings (SSSR count). The first-order valence-corrected chi connectivity index (χ1v) is 8.38. The Balaban J connectivity index is 1.95. The second kappa shape index (κ2) is 6.36. The normalized spacial score (nSPS) is 24.9. The summed E-state index contributed by atoms with van der Waals surface area (Å²) in [6.07, 6.45) is 1.21. The zero-order chi connectivity index (χ0) is 14.8. The first kappa shape index (κ1) is 15.7. The summed E-state index contributed by atoms with van der Waals surface area (Å²) in [6, 6.07) is 7.68. The maximum Gasteiger partial charge on any atom is 0.391 e. The molecular formula is C15H15F3S2. The molecular weight excluding hydrogens is 301 g/mol. The van der Waals surface area contributed by atoms with Crippen molar-refractivity contribution in [2.24, 2.45) is 11.8 Å². The fourth-order valence-corrected chi connectivity index (χ4v) is 5.36. The molecule has 1 saturated heterocycles. The second-order valence-electron chi connectivity index (χ2n) is 4.86.